The number of Topliss-reactive ketones (excluding diaryl/α,β-unsaturated/α-hetero) is 1. The number of ketones is 1. The van der Waals surface area contributed by atoms with Gasteiger partial charge in [0.2, 0.25) is 0 Å². The zero-order valence-corrected chi connectivity index (χ0v) is 8.71. The standard InChI is InChI=1S/C11H16O3/c1-4-7-14-10(13)9-8(12)5-6-11(9,2)3/h4,9H,1,5-7H2,2-3H3. The van der Waals surface area contributed by atoms with E-state index in [9.17, 15) is 9.59 Å². The lowest BCUT2D eigenvalue weighted by Crippen LogP contribution is -2.32. The first-order valence-corrected chi connectivity index (χ1v) is 4.79. The molecule has 1 aliphatic carbocycles. The first-order valence-electron chi connectivity index (χ1n) is 4.79. The molecule has 0 heterocycles. The van der Waals surface area contributed by atoms with Gasteiger partial charge in [0.25, 0.3) is 0 Å². The molecule has 1 fully saturated rings. The summed E-state index contributed by atoms with van der Waals surface area (Å²) in [5.41, 5.74) is -0.255. The maximum atomic E-state index is 11.5. The molecular formula is C11H16O3. The number of carbonyl (C=O) groups excluding carboxylic acids is 2. The van der Waals surface area contributed by atoms with Crippen molar-refractivity contribution in [3.8, 4) is 0 Å². The quantitative estimate of drug-likeness (QED) is 0.392. The van der Waals surface area contributed by atoms with Gasteiger partial charge in [0, 0.05) is 6.42 Å². The van der Waals surface area contributed by atoms with Crippen molar-refractivity contribution in [1.29, 1.82) is 0 Å². The van der Waals surface area contributed by atoms with E-state index < -0.39 is 11.9 Å². The molecular weight excluding hydrogens is 180 g/mol. The Balaban J connectivity index is 2.69. The molecule has 3 heteroatoms. The van der Waals surface area contributed by atoms with E-state index in [1.165, 1.54) is 6.08 Å². The molecule has 3 nitrogen and oxygen atoms in total. The van der Waals surface area contributed by atoms with Crippen LogP contribution in [0.2, 0.25) is 0 Å². The van der Waals surface area contributed by atoms with Crippen LogP contribution in [0.4, 0.5) is 0 Å². The molecule has 0 amide bonds. The Morgan fingerprint density at radius 2 is 2.36 bits per heavy atom. The number of hydrogen-bond acceptors (Lipinski definition) is 3. The Labute approximate surface area is 84.1 Å². The van der Waals surface area contributed by atoms with Gasteiger partial charge in [-0.25, -0.2) is 0 Å². The van der Waals surface area contributed by atoms with E-state index in [0.717, 1.165) is 6.42 Å². The fourth-order valence-electron chi connectivity index (χ4n) is 1.84. The van der Waals surface area contributed by atoms with Gasteiger partial charge in [0.1, 0.15) is 18.3 Å². The van der Waals surface area contributed by atoms with Crippen LogP contribution in [0.1, 0.15) is 26.7 Å². The molecule has 0 aromatic carbocycles. The van der Waals surface area contributed by atoms with Gasteiger partial charge in [0.05, 0.1) is 0 Å². The van der Waals surface area contributed by atoms with Crippen molar-refractivity contribution in [3.63, 3.8) is 0 Å². The predicted octanol–water partition coefficient (Wildman–Crippen LogP) is 1.72. The summed E-state index contributed by atoms with van der Waals surface area (Å²) >= 11 is 0. The lowest BCUT2D eigenvalue weighted by molar-refractivity contribution is -0.153. The third-order valence-electron chi connectivity index (χ3n) is 2.70. The third kappa shape index (κ3) is 2.03. The van der Waals surface area contributed by atoms with E-state index in [-0.39, 0.29) is 17.8 Å². The van der Waals surface area contributed by atoms with Crippen molar-refractivity contribution in [2.45, 2.75) is 26.7 Å². The Kier molecular flexibility index (Phi) is 3.09. The summed E-state index contributed by atoms with van der Waals surface area (Å²) in [6, 6.07) is 0. The van der Waals surface area contributed by atoms with Crippen LogP contribution in [0.3, 0.4) is 0 Å². The van der Waals surface area contributed by atoms with Crippen molar-refractivity contribution in [1.82, 2.24) is 0 Å². The topological polar surface area (TPSA) is 43.4 Å². The number of ether oxygens (including phenoxy) is 1. The van der Waals surface area contributed by atoms with Crippen LogP contribution in [-0.2, 0) is 14.3 Å². The van der Waals surface area contributed by atoms with Gasteiger partial charge < -0.3 is 4.74 Å². The van der Waals surface area contributed by atoms with Crippen LogP contribution in [0.25, 0.3) is 0 Å². The average molecular weight is 196 g/mol. The highest BCUT2D eigenvalue weighted by atomic mass is 16.5. The number of carbonyl (C=O) groups is 2. The van der Waals surface area contributed by atoms with Crippen LogP contribution in [0.15, 0.2) is 12.7 Å². The number of rotatable bonds is 3. The highest BCUT2D eigenvalue weighted by Crippen LogP contribution is 2.40. The van der Waals surface area contributed by atoms with Gasteiger partial charge in [-0.15, -0.1) is 0 Å². The van der Waals surface area contributed by atoms with Gasteiger partial charge in [-0.3, -0.25) is 9.59 Å². The summed E-state index contributed by atoms with van der Waals surface area (Å²) in [5, 5.41) is 0. The van der Waals surface area contributed by atoms with E-state index in [4.69, 9.17) is 4.74 Å². The second-order valence-corrected chi connectivity index (χ2v) is 4.31. The van der Waals surface area contributed by atoms with Gasteiger partial charge in [-0.2, -0.15) is 0 Å². The minimum absolute atomic E-state index is 0.00376. The minimum Gasteiger partial charge on any atom is -0.461 e. The molecule has 0 aliphatic heterocycles. The molecule has 78 valence electrons. The van der Waals surface area contributed by atoms with Crippen molar-refractivity contribution >= 4 is 11.8 Å². The van der Waals surface area contributed by atoms with E-state index in [1.807, 2.05) is 13.8 Å². The SMILES string of the molecule is C=CCOC(=O)C1C(=O)CCC1(C)C. The Hall–Kier alpha value is -1.12. The van der Waals surface area contributed by atoms with Crippen molar-refractivity contribution < 1.29 is 14.3 Å². The number of esters is 1. The first-order chi connectivity index (χ1) is 6.49. The molecule has 1 rings (SSSR count). The fourth-order valence-corrected chi connectivity index (χ4v) is 1.84. The Morgan fingerprint density at radius 1 is 1.71 bits per heavy atom. The summed E-state index contributed by atoms with van der Waals surface area (Å²) < 4.78 is 4.90. The maximum Gasteiger partial charge on any atom is 0.317 e. The van der Waals surface area contributed by atoms with Gasteiger partial charge >= 0.3 is 5.97 Å². The molecule has 0 radical (unpaired) electrons. The summed E-state index contributed by atoms with van der Waals surface area (Å²) in [6.07, 6.45) is 2.75. The fraction of sp³-hybridized carbons (Fsp3) is 0.636. The molecule has 0 N–H and O–H groups in total. The van der Waals surface area contributed by atoms with Crippen LogP contribution in [0.5, 0.6) is 0 Å². The van der Waals surface area contributed by atoms with Crippen molar-refractivity contribution in [2.75, 3.05) is 6.61 Å². The Morgan fingerprint density at radius 3 is 2.79 bits per heavy atom. The van der Waals surface area contributed by atoms with Crippen molar-refractivity contribution in [2.24, 2.45) is 11.3 Å². The van der Waals surface area contributed by atoms with E-state index in [1.54, 1.807) is 0 Å². The van der Waals surface area contributed by atoms with Crippen LogP contribution in [0, 0.1) is 11.3 Å². The van der Waals surface area contributed by atoms with Crippen LogP contribution in [-0.4, -0.2) is 18.4 Å². The van der Waals surface area contributed by atoms with Gasteiger partial charge in [-0.05, 0) is 11.8 Å². The normalized spacial score (nSPS) is 24.7. The molecule has 1 atom stereocenters. The lowest BCUT2D eigenvalue weighted by Gasteiger charge is -2.23. The summed E-state index contributed by atoms with van der Waals surface area (Å²) in [5.74, 6) is -0.982. The van der Waals surface area contributed by atoms with E-state index in [0.29, 0.717) is 6.42 Å². The largest absolute Gasteiger partial charge is 0.461 e. The molecule has 0 aromatic heterocycles. The number of hydrogen-bond donors (Lipinski definition) is 0. The summed E-state index contributed by atoms with van der Waals surface area (Å²) in [7, 11) is 0. The monoisotopic (exact) mass is 196 g/mol. The highest BCUT2D eigenvalue weighted by molar-refractivity contribution is 6.01. The van der Waals surface area contributed by atoms with Gasteiger partial charge in [0.15, 0.2) is 0 Å². The third-order valence-corrected chi connectivity index (χ3v) is 2.70. The molecule has 0 bridgehead atoms. The second-order valence-electron chi connectivity index (χ2n) is 4.31. The average Bonchev–Trinajstić information content (AvgIpc) is 2.37. The minimum atomic E-state index is -0.581. The molecule has 0 spiro atoms. The predicted molar refractivity (Wildman–Crippen MR) is 52.7 cm³/mol. The molecule has 0 saturated heterocycles. The van der Waals surface area contributed by atoms with Crippen molar-refractivity contribution in [3.05, 3.63) is 12.7 Å². The highest BCUT2D eigenvalue weighted by Gasteiger charge is 2.46. The van der Waals surface area contributed by atoms with Crippen LogP contribution >= 0.6 is 0 Å². The zero-order valence-electron chi connectivity index (χ0n) is 8.71. The zero-order chi connectivity index (χ0) is 10.8. The van der Waals surface area contributed by atoms with E-state index >= 15 is 0 Å². The summed E-state index contributed by atoms with van der Waals surface area (Å²) in [4.78, 5) is 23.0. The molecule has 1 unspecified atom stereocenters. The lowest BCUT2D eigenvalue weighted by atomic mass is 9.82. The molecule has 0 aromatic rings. The molecule has 1 aliphatic rings. The van der Waals surface area contributed by atoms with Crippen LogP contribution < -0.4 is 0 Å². The van der Waals surface area contributed by atoms with E-state index in [2.05, 4.69) is 6.58 Å². The maximum absolute atomic E-state index is 11.5. The molecule has 14 heavy (non-hydrogen) atoms. The first kappa shape index (κ1) is 11.0. The van der Waals surface area contributed by atoms with Gasteiger partial charge in [-0.1, -0.05) is 26.5 Å². The smallest absolute Gasteiger partial charge is 0.317 e. The second kappa shape index (κ2) is 3.95. The Bertz CT molecular complexity index is 266. The molecule has 1 saturated carbocycles. The summed E-state index contributed by atoms with van der Waals surface area (Å²) in [6.45, 7) is 7.49.